The molecule has 104 valence electrons. The molecule has 0 amide bonds. The maximum absolute atomic E-state index is 4.30. The van der Waals surface area contributed by atoms with Gasteiger partial charge in [0.2, 0.25) is 0 Å². The average molecular weight is 317 g/mol. The number of aromatic nitrogens is 2. The van der Waals surface area contributed by atoms with E-state index in [1.54, 1.807) is 0 Å². The van der Waals surface area contributed by atoms with E-state index in [0.717, 1.165) is 37.1 Å². The number of rotatable bonds is 8. The molecule has 18 heavy (non-hydrogen) atoms. The predicted molar refractivity (Wildman–Crippen MR) is 79.7 cm³/mol. The molecular weight excluding hydrogens is 292 g/mol. The van der Waals surface area contributed by atoms with Crippen molar-refractivity contribution in [1.29, 1.82) is 0 Å². The van der Waals surface area contributed by atoms with Crippen LogP contribution in [0, 0.1) is 0 Å². The molecule has 1 aromatic heterocycles. The predicted octanol–water partition coefficient (Wildman–Crippen LogP) is 2.57. The van der Waals surface area contributed by atoms with Crippen molar-refractivity contribution in [3.05, 3.63) is 16.4 Å². The van der Waals surface area contributed by atoms with Gasteiger partial charge in [-0.15, -0.1) is 0 Å². The van der Waals surface area contributed by atoms with Crippen molar-refractivity contribution < 1.29 is 0 Å². The molecule has 0 saturated carbocycles. The molecule has 0 fully saturated rings. The molecule has 1 heterocycles. The van der Waals surface area contributed by atoms with Crippen molar-refractivity contribution in [3.8, 4) is 0 Å². The van der Waals surface area contributed by atoms with E-state index in [9.17, 15) is 0 Å². The molecule has 0 bridgehead atoms. The lowest BCUT2D eigenvalue weighted by molar-refractivity contribution is 0.279. The first-order chi connectivity index (χ1) is 8.63. The van der Waals surface area contributed by atoms with Crippen molar-refractivity contribution in [1.82, 2.24) is 20.0 Å². The summed E-state index contributed by atoms with van der Waals surface area (Å²) >= 11 is 3.59. The summed E-state index contributed by atoms with van der Waals surface area (Å²) in [5.41, 5.74) is 1.24. The summed E-state index contributed by atoms with van der Waals surface area (Å²) in [6.45, 7) is 10.9. The number of halogens is 1. The van der Waals surface area contributed by atoms with Crippen LogP contribution in [-0.4, -0.2) is 40.9 Å². The van der Waals surface area contributed by atoms with Gasteiger partial charge in [-0.3, -0.25) is 4.68 Å². The second-order valence-corrected chi connectivity index (χ2v) is 5.28. The summed E-state index contributed by atoms with van der Waals surface area (Å²) in [5, 5.41) is 7.86. The third-order valence-electron chi connectivity index (χ3n) is 3.35. The Kier molecular flexibility index (Phi) is 6.89. The van der Waals surface area contributed by atoms with Gasteiger partial charge < -0.3 is 10.2 Å². The van der Waals surface area contributed by atoms with Gasteiger partial charge in [-0.05, 0) is 48.5 Å². The summed E-state index contributed by atoms with van der Waals surface area (Å²) in [5.74, 6) is 0. The molecule has 0 saturated heterocycles. The van der Waals surface area contributed by atoms with Gasteiger partial charge in [0.05, 0.1) is 22.4 Å². The molecule has 5 heteroatoms. The van der Waals surface area contributed by atoms with Crippen LogP contribution in [0.2, 0.25) is 0 Å². The van der Waals surface area contributed by atoms with Crippen LogP contribution < -0.4 is 5.32 Å². The first kappa shape index (κ1) is 15.7. The second kappa shape index (κ2) is 7.92. The van der Waals surface area contributed by atoms with Gasteiger partial charge in [0.1, 0.15) is 0 Å². The molecule has 1 aromatic rings. The van der Waals surface area contributed by atoms with E-state index in [1.165, 1.54) is 5.69 Å². The number of nitrogens with zero attached hydrogens (tertiary/aromatic N) is 3. The highest BCUT2D eigenvalue weighted by atomic mass is 79.9. The molecule has 1 unspecified atom stereocenters. The standard InChI is InChI=1S/C13H25BrN4/c1-5-15-12(8-9-18(6-2)7-3)13-11(14)10-16-17(13)4/h10,12,15H,5-9H2,1-4H3. The number of hydrogen-bond acceptors (Lipinski definition) is 3. The van der Waals surface area contributed by atoms with E-state index in [0.29, 0.717) is 6.04 Å². The SMILES string of the molecule is CCNC(CCN(CC)CC)c1c(Br)cnn1C. The Labute approximate surface area is 119 Å². The second-order valence-electron chi connectivity index (χ2n) is 4.43. The van der Waals surface area contributed by atoms with Crippen LogP contribution in [-0.2, 0) is 7.05 Å². The fraction of sp³-hybridized carbons (Fsp3) is 0.769. The normalized spacial score (nSPS) is 13.2. The van der Waals surface area contributed by atoms with E-state index in [4.69, 9.17) is 0 Å². The Morgan fingerprint density at radius 1 is 1.39 bits per heavy atom. The zero-order valence-corrected chi connectivity index (χ0v) is 13.5. The van der Waals surface area contributed by atoms with Crippen LogP contribution in [0.1, 0.15) is 38.9 Å². The van der Waals surface area contributed by atoms with E-state index >= 15 is 0 Å². The zero-order chi connectivity index (χ0) is 13.5. The largest absolute Gasteiger partial charge is 0.309 e. The lowest BCUT2D eigenvalue weighted by Gasteiger charge is -2.23. The van der Waals surface area contributed by atoms with Gasteiger partial charge in [-0.1, -0.05) is 20.8 Å². The first-order valence-corrected chi connectivity index (χ1v) is 7.56. The van der Waals surface area contributed by atoms with Gasteiger partial charge in [-0.2, -0.15) is 5.10 Å². The molecule has 0 aliphatic carbocycles. The smallest absolute Gasteiger partial charge is 0.0692 e. The maximum Gasteiger partial charge on any atom is 0.0692 e. The summed E-state index contributed by atoms with van der Waals surface area (Å²) < 4.78 is 3.05. The van der Waals surface area contributed by atoms with Crippen LogP contribution in [0.3, 0.4) is 0 Å². The highest BCUT2D eigenvalue weighted by Crippen LogP contribution is 2.25. The summed E-state index contributed by atoms with van der Waals surface area (Å²) in [4.78, 5) is 2.45. The average Bonchev–Trinajstić information content (AvgIpc) is 2.69. The highest BCUT2D eigenvalue weighted by Gasteiger charge is 2.18. The third kappa shape index (κ3) is 4.07. The topological polar surface area (TPSA) is 33.1 Å². The lowest BCUT2D eigenvalue weighted by atomic mass is 10.1. The molecule has 1 atom stereocenters. The van der Waals surface area contributed by atoms with Crippen molar-refractivity contribution in [2.45, 2.75) is 33.2 Å². The van der Waals surface area contributed by atoms with Gasteiger partial charge in [0.25, 0.3) is 0 Å². The summed E-state index contributed by atoms with van der Waals surface area (Å²) in [7, 11) is 2.00. The Balaban J connectivity index is 2.71. The van der Waals surface area contributed by atoms with Crippen LogP contribution in [0.25, 0.3) is 0 Å². The van der Waals surface area contributed by atoms with Crippen molar-refractivity contribution in [3.63, 3.8) is 0 Å². The number of hydrogen-bond donors (Lipinski definition) is 1. The Morgan fingerprint density at radius 3 is 2.50 bits per heavy atom. The quantitative estimate of drug-likeness (QED) is 0.800. The molecule has 0 spiro atoms. The highest BCUT2D eigenvalue weighted by molar-refractivity contribution is 9.10. The third-order valence-corrected chi connectivity index (χ3v) is 3.96. The molecular formula is C13H25BrN4. The minimum Gasteiger partial charge on any atom is -0.309 e. The first-order valence-electron chi connectivity index (χ1n) is 6.77. The maximum atomic E-state index is 4.30. The molecule has 0 aromatic carbocycles. The Hall–Kier alpha value is -0.390. The van der Waals surface area contributed by atoms with Crippen molar-refractivity contribution in [2.24, 2.45) is 7.05 Å². The van der Waals surface area contributed by atoms with E-state index < -0.39 is 0 Å². The van der Waals surface area contributed by atoms with Gasteiger partial charge >= 0.3 is 0 Å². The number of aryl methyl sites for hydroxylation is 1. The van der Waals surface area contributed by atoms with Crippen molar-refractivity contribution in [2.75, 3.05) is 26.2 Å². The van der Waals surface area contributed by atoms with Crippen LogP contribution >= 0.6 is 15.9 Å². The summed E-state index contributed by atoms with van der Waals surface area (Å²) in [6, 6.07) is 0.359. The fourth-order valence-corrected chi connectivity index (χ4v) is 2.87. The zero-order valence-electron chi connectivity index (χ0n) is 11.9. The van der Waals surface area contributed by atoms with Crippen LogP contribution in [0.5, 0.6) is 0 Å². The Morgan fingerprint density at radius 2 is 2.06 bits per heavy atom. The molecule has 1 rings (SSSR count). The fourth-order valence-electron chi connectivity index (χ4n) is 2.25. The van der Waals surface area contributed by atoms with Crippen LogP contribution in [0.15, 0.2) is 10.7 Å². The van der Waals surface area contributed by atoms with E-state index in [2.05, 4.69) is 52.0 Å². The van der Waals surface area contributed by atoms with E-state index in [1.807, 2.05) is 17.9 Å². The van der Waals surface area contributed by atoms with Crippen LogP contribution in [0.4, 0.5) is 0 Å². The minimum absolute atomic E-state index is 0.359. The molecule has 0 aliphatic heterocycles. The lowest BCUT2D eigenvalue weighted by Crippen LogP contribution is -2.30. The number of nitrogens with one attached hydrogen (secondary N) is 1. The monoisotopic (exact) mass is 316 g/mol. The van der Waals surface area contributed by atoms with Gasteiger partial charge in [0, 0.05) is 7.05 Å². The Bertz CT molecular complexity index is 327. The van der Waals surface area contributed by atoms with Crippen molar-refractivity contribution >= 4 is 15.9 Å². The molecule has 1 N–H and O–H groups in total. The molecule has 4 nitrogen and oxygen atoms in total. The molecule has 0 radical (unpaired) electrons. The van der Waals surface area contributed by atoms with Gasteiger partial charge in [-0.25, -0.2) is 0 Å². The molecule has 0 aliphatic rings. The summed E-state index contributed by atoms with van der Waals surface area (Å²) in [6.07, 6.45) is 2.98. The minimum atomic E-state index is 0.359. The van der Waals surface area contributed by atoms with Gasteiger partial charge in [0.15, 0.2) is 0 Å². The van der Waals surface area contributed by atoms with E-state index in [-0.39, 0.29) is 0 Å².